The van der Waals surface area contributed by atoms with E-state index in [1.54, 1.807) is 4.90 Å². The van der Waals surface area contributed by atoms with Crippen molar-refractivity contribution in [2.45, 2.75) is 51.1 Å². The van der Waals surface area contributed by atoms with E-state index in [-0.39, 0.29) is 23.5 Å². The van der Waals surface area contributed by atoms with E-state index in [1.165, 1.54) is 6.42 Å². The normalized spacial score (nSPS) is 28.6. The molecule has 0 spiro atoms. The van der Waals surface area contributed by atoms with Crippen LogP contribution in [-0.2, 0) is 14.6 Å². The lowest BCUT2D eigenvalue weighted by Gasteiger charge is -2.37. The third kappa shape index (κ3) is 4.43. The van der Waals surface area contributed by atoms with Gasteiger partial charge in [0.15, 0.2) is 9.84 Å². The van der Waals surface area contributed by atoms with Gasteiger partial charge in [-0.05, 0) is 45.7 Å². The number of hydrogen-bond donors (Lipinski definition) is 1. The summed E-state index contributed by atoms with van der Waals surface area (Å²) in [4.78, 5) is 16.7. The summed E-state index contributed by atoms with van der Waals surface area (Å²) in [5.41, 5.74) is 5.68. The van der Waals surface area contributed by atoms with E-state index in [2.05, 4.69) is 4.90 Å². The second-order valence-corrected chi connectivity index (χ2v) is 8.66. The Bertz CT molecular complexity index is 478. The number of likely N-dealkylation sites (tertiary alicyclic amines) is 1. The van der Waals surface area contributed by atoms with Crippen LogP contribution in [0.2, 0.25) is 0 Å². The molecule has 6 nitrogen and oxygen atoms in total. The van der Waals surface area contributed by atoms with Gasteiger partial charge in [0.2, 0.25) is 5.91 Å². The number of sulfone groups is 1. The first-order valence-corrected chi connectivity index (χ1v) is 10.2. The molecular formula is C15H29N3O3S. The molecule has 7 heteroatoms. The quantitative estimate of drug-likeness (QED) is 0.753. The molecule has 1 amide bonds. The predicted molar refractivity (Wildman–Crippen MR) is 87.3 cm³/mol. The minimum absolute atomic E-state index is 0.0634. The first-order valence-electron chi connectivity index (χ1n) is 8.41. The molecule has 0 radical (unpaired) electrons. The summed E-state index contributed by atoms with van der Waals surface area (Å²) in [5, 5.41) is 0. The number of nitrogens with two attached hydrogens (primary N) is 1. The smallest absolute Gasteiger partial charge is 0.237 e. The van der Waals surface area contributed by atoms with Gasteiger partial charge in [-0.2, -0.15) is 0 Å². The molecule has 128 valence electrons. The highest BCUT2D eigenvalue weighted by molar-refractivity contribution is 7.91. The Hall–Kier alpha value is -0.660. The Morgan fingerprint density at radius 2 is 2.09 bits per heavy atom. The minimum Gasteiger partial charge on any atom is -0.338 e. The number of carbonyl (C=O) groups excluding carboxylic acids is 1. The summed E-state index contributed by atoms with van der Waals surface area (Å²) in [5.74, 6) is 0.397. The van der Waals surface area contributed by atoms with Crippen LogP contribution in [0.15, 0.2) is 0 Å². The number of rotatable bonds is 6. The Morgan fingerprint density at radius 3 is 2.68 bits per heavy atom. The lowest BCUT2D eigenvalue weighted by Crippen LogP contribution is -2.50. The fourth-order valence-corrected chi connectivity index (χ4v) is 5.44. The molecule has 2 heterocycles. The van der Waals surface area contributed by atoms with Crippen LogP contribution in [0, 0.1) is 0 Å². The molecule has 2 saturated heterocycles. The van der Waals surface area contributed by atoms with Crippen molar-refractivity contribution in [3.8, 4) is 0 Å². The van der Waals surface area contributed by atoms with E-state index in [9.17, 15) is 13.2 Å². The Kier molecular flexibility index (Phi) is 6.23. The van der Waals surface area contributed by atoms with Gasteiger partial charge >= 0.3 is 0 Å². The zero-order valence-corrected chi connectivity index (χ0v) is 14.4. The molecule has 2 fully saturated rings. The third-order valence-corrected chi connectivity index (χ3v) is 6.65. The standard InChI is InChI=1S/C15H29N3O3S/c1-2-18(14-7-10-22(20,21)12-14)15(19)11-17-9-4-3-5-13(17)6-8-16/h13-14H,2-12,16H2,1H3. The summed E-state index contributed by atoms with van der Waals surface area (Å²) in [6.45, 7) is 4.49. The molecular weight excluding hydrogens is 302 g/mol. The van der Waals surface area contributed by atoms with Crippen LogP contribution >= 0.6 is 0 Å². The molecule has 0 aromatic heterocycles. The van der Waals surface area contributed by atoms with Crippen LogP contribution in [0.4, 0.5) is 0 Å². The van der Waals surface area contributed by atoms with Crippen molar-refractivity contribution in [1.29, 1.82) is 0 Å². The van der Waals surface area contributed by atoms with Gasteiger partial charge in [-0.3, -0.25) is 9.69 Å². The van der Waals surface area contributed by atoms with Crippen LogP contribution in [0.25, 0.3) is 0 Å². The zero-order chi connectivity index (χ0) is 16.2. The van der Waals surface area contributed by atoms with Gasteiger partial charge in [0.1, 0.15) is 0 Å². The van der Waals surface area contributed by atoms with Gasteiger partial charge in [0, 0.05) is 18.6 Å². The highest BCUT2D eigenvalue weighted by Crippen LogP contribution is 2.21. The topological polar surface area (TPSA) is 83.7 Å². The summed E-state index contributed by atoms with van der Waals surface area (Å²) >= 11 is 0. The minimum atomic E-state index is -2.96. The molecule has 2 aliphatic heterocycles. The SMILES string of the molecule is CCN(C(=O)CN1CCCCC1CCN)C1CCS(=O)(=O)C1. The van der Waals surface area contributed by atoms with Gasteiger partial charge in [-0.1, -0.05) is 6.42 Å². The fourth-order valence-electron chi connectivity index (χ4n) is 3.71. The van der Waals surface area contributed by atoms with Crippen molar-refractivity contribution < 1.29 is 13.2 Å². The van der Waals surface area contributed by atoms with Crippen molar-refractivity contribution in [2.75, 3.05) is 37.7 Å². The van der Waals surface area contributed by atoms with E-state index in [1.807, 2.05) is 6.92 Å². The van der Waals surface area contributed by atoms with Gasteiger partial charge in [0.25, 0.3) is 0 Å². The van der Waals surface area contributed by atoms with Crippen LogP contribution in [0.3, 0.4) is 0 Å². The maximum atomic E-state index is 12.6. The maximum absolute atomic E-state index is 12.6. The molecule has 0 bridgehead atoms. The average molecular weight is 331 g/mol. The van der Waals surface area contributed by atoms with Crippen molar-refractivity contribution in [3.63, 3.8) is 0 Å². The van der Waals surface area contributed by atoms with Crippen molar-refractivity contribution in [1.82, 2.24) is 9.80 Å². The Balaban J connectivity index is 1.96. The lowest BCUT2D eigenvalue weighted by molar-refractivity contribution is -0.135. The maximum Gasteiger partial charge on any atom is 0.237 e. The van der Waals surface area contributed by atoms with Gasteiger partial charge in [-0.25, -0.2) is 8.42 Å². The molecule has 2 aliphatic rings. The van der Waals surface area contributed by atoms with Crippen molar-refractivity contribution in [2.24, 2.45) is 5.73 Å². The summed E-state index contributed by atoms with van der Waals surface area (Å²) < 4.78 is 23.3. The van der Waals surface area contributed by atoms with E-state index < -0.39 is 9.84 Å². The van der Waals surface area contributed by atoms with Crippen LogP contribution in [0.5, 0.6) is 0 Å². The first-order chi connectivity index (χ1) is 10.5. The van der Waals surface area contributed by atoms with E-state index in [4.69, 9.17) is 5.73 Å². The molecule has 2 N–H and O–H groups in total. The van der Waals surface area contributed by atoms with E-state index >= 15 is 0 Å². The molecule has 0 saturated carbocycles. The van der Waals surface area contributed by atoms with Gasteiger partial charge < -0.3 is 10.6 Å². The molecule has 0 aliphatic carbocycles. The monoisotopic (exact) mass is 331 g/mol. The molecule has 2 rings (SSSR count). The fraction of sp³-hybridized carbons (Fsp3) is 0.933. The van der Waals surface area contributed by atoms with Gasteiger partial charge in [0.05, 0.1) is 18.1 Å². The number of hydrogen-bond acceptors (Lipinski definition) is 5. The average Bonchev–Trinajstić information content (AvgIpc) is 2.82. The number of carbonyl (C=O) groups is 1. The summed E-state index contributed by atoms with van der Waals surface area (Å²) in [6.07, 6.45) is 4.94. The van der Waals surface area contributed by atoms with Gasteiger partial charge in [-0.15, -0.1) is 0 Å². The van der Waals surface area contributed by atoms with Crippen LogP contribution < -0.4 is 5.73 Å². The number of nitrogens with zero attached hydrogens (tertiary/aromatic N) is 2. The Labute approximate surface area is 133 Å². The summed E-state index contributed by atoms with van der Waals surface area (Å²) in [6, 6.07) is 0.258. The number of amides is 1. The van der Waals surface area contributed by atoms with Crippen molar-refractivity contribution in [3.05, 3.63) is 0 Å². The summed E-state index contributed by atoms with van der Waals surface area (Å²) in [7, 11) is -2.96. The van der Waals surface area contributed by atoms with Crippen molar-refractivity contribution >= 4 is 15.7 Å². The molecule has 0 aromatic carbocycles. The lowest BCUT2D eigenvalue weighted by atomic mass is 9.99. The molecule has 0 aromatic rings. The van der Waals surface area contributed by atoms with Crippen LogP contribution in [0.1, 0.15) is 39.0 Å². The zero-order valence-electron chi connectivity index (χ0n) is 13.5. The largest absolute Gasteiger partial charge is 0.338 e. The van der Waals surface area contributed by atoms with E-state index in [0.29, 0.717) is 32.1 Å². The predicted octanol–water partition coefficient (Wildman–Crippen LogP) is 0.225. The molecule has 2 unspecified atom stereocenters. The second kappa shape index (κ2) is 7.75. The first kappa shape index (κ1) is 17.7. The Morgan fingerprint density at radius 1 is 1.32 bits per heavy atom. The van der Waals surface area contributed by atoms with Crippen LogP contribution in [-0.4, -0.2) is 73.9 Å². The highest BCUT2D eigenvalue weighted by atomic mass is 32.2. The number of piperidine rings is 1. The highest BCUT2D eigenvalue weighted by Gasteiger charge is 2.35. The molecule has 22 heavy (non-hydrogen) atoms. The number of likely N-dealkylation sites (N-methyl/N-ethyl adjacent to an activating group) is 1. The molecule has 2 atom stereocenters. The van der Waals surface area contributed by atoms with E-state index in [0.717, 1.165) is 25.8 Å². The second-order valence-electron chi connectivity index (χ2n) is 6.43. The third-order valence-electron chi connectivity index (χ3n) is 4.90.